The predicted octanol–water partition coefficient (Wildman–Crippen LogP) is 2.36. The fourth-order valence-electron chi connectivity index (χ4n) is 2.27. The van der Waals surface area contributed by atoms with E-state index in [1.807, 2.05) is 24.3 Å². The van der Waals surface area contributed by atoms with Gasteiger partial charge >= 0.3 is 5.97 Å². The largest absolute Gasteiger partial charge is 0.465 e. The Morgan fingerprint density at radius 3 is 2.82 bits per heavy atom. The number of nitrogens with one attached hydrogen (secondary N) is 1. The molecule has 0 radical (unpaired) electrons. The number of piperidine rings is 1. The number of hydrogen-bond acceptors (Lipinski definition) is 3. The van der Waals surface area contributed by atoms with Crippen molar-refractivity contribution in [1.82, 2.24) is 5.32 Å². The van der Waals surface area contributed by atoms with Crippen LogP contribution in [0.5, 0.6) is 0 Å². The zero-order valence-electron chi connectivity index (χ0n) is 9.94. The summed E-state index contributed by atoms with van der Waals surface area (Å²) in [6.45, 7) is 2.03. The molecule has 0 aromatic heterocycles. The molecule has 17 heavy (non-hydrogen) atoms. The van der Waals surface area contributed by atoms with Crippen LogP contribution in [0, 0.1) is 0 Å². The lowest BCUT2D eigenvalue weighted by molar-refractivity contribution is 0.0598. The first-order valence-corrected chi connectivity index (χ1v) is 5.71. The van der Waals surface area contributed by atoms with E-state index < -0.39 is 0 Å². The Morgan fingerprint density at radius 2 is 2.18 bits per heavy atom. The highest BCUT2D eigenvalue weighted by Gasteiger charge is 2.20. The van der Waals surface area contributed by atoms with Gasteiger partial charge in [0, 0.05) is 6.54 Å². The zero-order valence-corrected chi connectivity index (χ0v) is 10.8. The van der Waals surface area contributed by atoms with Crippen molar-refractivity contribution in [3.63, 3.8) is 0 Å². The number of ether oxygens (including phenoxy) is 1. The van der Waals surface area contributed by atoms with Gasteiger partial charge in [0.1, 0.15) is 0 Å². The molecule has 4 heteroatoms. The predicted molar refractivity (Wildman–Crippen MR) is 69.9 cm³/mol. The second kappa shape index (κ2) is 6.62. The molecule has 0 aliphatic carbocycles. The first kappa shape index (κ1) is 14.0. The highest BCUT2D eigenvalue weighted by atomic mass is 35.5. The molecule has 1 atom stereocenters. The van der Waals surface area contributed by atoms with Crippen LogP contribution in [-0.2, 0) is 4.74 Å². The minimum atomic E-state index is -0.235. The maximum absolute atomic E-state index is 11.6. The summed E-state index contributed by atoms with van der Waals surface area (Å²) < 4.78 is 4.81. The fourth-order valence-corrected chi connectivity index (χ4v) is 2.27. The van der Waals surface area contributed by atoms with Crippen LogP contribution >= 0.6 is 12.4 Å². The first-order valence-electron chi connectivity index (χ1n) is 5.71. The molecule has 1 aliphatic rings. The van der Waals surface area contributed by atoms with Crippen LogP contribution < -0.4 is 5.32 Å². The van der Waals surface area contributed by atoms with Crippen LogP contribution in [-0.4, -0.2) is 26.2 Å². The Bertz CT molecular complexity index is 375. The van der Waals surface area contributed by atoms with Crippen LogP contribution in [0.4, 0.5) is 0 Å². The van der Waals surface area contributed by atoms with Gasteiger partial charge in [-0.1, -0.05) is 18.2 Å². The summed E-state index contributed by atoms with van der Waals surface area (Å²) in [5.74, 6) is 0.199. The molecule has 1 aliphatic heterocycles. The molecule has 3 nitrogen and oxygen atoms in total. The van der Waals surface area contributed by atoms with Gasteiger partial charge in [-0.25, -0.2) is 4.79 Å². The lowest BCUT2D eigenvalue weighted by atomic mass is 9.88. The number of hydrogen-bond donors (Lipinski definition) is 1. The summed E-state index contributed by atoms with van der Waals surface area (Å²) in [6.07, 6.45) is 2.31. The van der Waals surface area contributed by atoms with E-state index in [1.54, 1.807) is 0 Å². The number of benzene rings is 1. The second-order valence-corrected chi connectivity index (χ2v) is 4.12. The van der Waals surface area contributed by atoms with E-state index in [2.05, 4.69) is 5.32 Å². The minimum absolute atomic E-state index is 0. The third-order valence-electron chi connectivity index (χ3n) is 3.10. The van der Waals surface area contributed by atoms with Crippen molar-refractivity contribution < 1.29 is 9.53 Å². The molecule has 0 bridgehead atoms. The molecule has 0 unspecified atom stereocenters. The molecule has 0 spiro atoms. The van der Waals surface area contributed by atoms with E-state index in [1.165, 1.54) is 13.5 Å². The van der Waals surface area contributed by atoms with Gasteiger partial charge in [0.15, 0.2) is 0 Å². The number of rotatable bonds is 2. The summed E-state index contributed by atoms with van der Waals surface area (Å²) in [4.78, 5) is 11.6. The molecule has 2 rings (SSSR count). The van der Waals surface area contributed by atoms with Crippen LogP contribution in [0.15, 0.2) is 24.3 Å². The maximum Gasteiger partial charge on any atom is 0.338 e. The lowest BCUT2D eigenvalue weighted by Gasteiger charge is -2.24. The van der Waals surface area contributed by atoms with Gasteiger partial charge in [-0.3, -0.25) is 0 Å². The number of methoxy groups -OCH3 is 1. The van der Waals surface area contributed by atoms with Gasteiger partial charge in [-0.15, -0.1) is 12.4 Å². The van der Waals surface area contributed by atoms with Crippen LogP contribution in [0.2, 0.25) is 0 Å². The van der Waals surface area contributed by atoms with E-state index in [0.29, 0.717) is 11.5 Å². The minimum Gasteiger partial charge on any atom is -0.465 e. The Kier molecular flexibility index (Phi) is 5.45. The highest BCUT2D eigenvalue weighted by molar-refractivity contribution is 5.91. The molecule has 1 fully saturated rings. The van der Waals surface area contributed by atoms with Crippen molar-refractivity contribution in [2.75, 3.05) is 20.2 Å². The van der Waals surface area contributed by atoms with E-state index >= 15 is 0 Å². The second-order valence-electron chi connectivity index (χ2n) is 4.12. The fraction of sp³-hybridized carbons (Fsp3) is 0.462. The van der Waals surface area contributed by atoms with Crippen LogP contribution in [0.3, 0.4) is 0 Å². The Hall–Kier alpha value is -1.06. The van der Waals surface area contributed by atoms with E-state index in [0.717, 1.165) is 25.1 Å². The molecule has 1 saturated heterocycles. The topological polar surface area (TPSA) is 38.3 Å². The van der Waals surface area contributed by atoms with E-state index in [-0.39, 0.29) is 18.4 Å². The van der Waals surface area contributed by atoms with Crippen molar-refractivity contribution in [2.24, 2.45) is 0 Å². The molecular weight excluding hydrogens is 238 g/mol. The average Bonchev–Trinajstić information content (AvgIpc) is 2.39. The van der Waals surface area contributed by atoms with Crippen molar-refractivity contribution >= 4 is 18.4 Å². The number of carbonyl (C=O) groups is 1. The summed E-state index contributed by atoms with van der Waals surface area (Å²) >= 11 is 0. The average molecular weight is 256 g/mol. The molecule has 0 saturated carbocycles. The zero-order chi connectivity index (χ0) is 11.4. The van der Waals surface area contributed by atoms with Crippen molar-refractivity contribution in [2.45, 2.75) is 18.8 Å². The van der Waals surface area contributed by atoms with Gasteiger partial charge in [0.05, 0.1) is 12.7 Å². The molecule has 1 aromatic carbocycles. The molecule has 1 heterocycles. The van der Waals surface area contributed by atoms with Gasteiger partial charge < -0.3 is 10.1 Å². The van der Waals surface area contributed by atoms with Crippen molar-refractivity contribution in [3.05, 3.63) is 35.4 Å². The number of halogens is 1. The van der Waals surface area contributed by atoms with Crippen molar-refractivity contribution in [3.8, 4) is 0 Å². The Morgan fingerprint density at radius 1 is 1.41 bits per heavy atom. The SMILES string of the molecule is COC(=O)c1ccccc1[C@@H]1CCCNC1.Cl. The molecule has 94 valence electrons. The standard InChI is InChI=1S/C13H17NO2.ClH/c1-16-13(15)12-7-3-2-6-11(12)10-5-4-8-14-9-10;/h2-3,6-7,10,14H,4-5,8-9H2,1H3;1H/t10-;/m1./s1. The summed E-state index contributed by atoms with van der Waals surface area (Å²) in [7, 11) is 1.43. The van der Waals surface area contributed by atoms with Crippen LogP contribution in [0.25, 0.3) is 0 Å². The molecule has 0 amide bonds. The summed E-state index contributed by atoms with van der Waals surface area (Å²) in [5.41, 5.74) is 1.82. The molecule has 1 N–H and O–H groups in total. The number of carbonyl (C=O) groups excluding carboxylic acids is 1. The normalized spacial score (nSPS) is 19.2. The Labute approximate surface area is 108 Å². The van der Waals surface area contributed by atoms with Gasteiger partial charge in [-0.05, 0) is 36.9 Å². The quantitative estimate of drug-likeness (QED) is 0.825. The van der Waals surface area contributed by atoms with Gasteiger partial charge in [-0.2, -0.15) is 0 Å². The monoisotopic (exact) mass is 255 g/mol. The van der Waals surface area contributed by atoms with E-state index in [9.17, 15) is 4.79 Å². The third-order valence-corrected chi connectivity index (χ3v) is 3.10. The smallest absolute Gasteiger partial charge is 0.338 e. The van der Waals surface area contributed by atoms with E-state index in [4.69, 9.17) is 4.74 Å². The summed E-state index contributed by atoms with van der Waals surface area (Å²) in [5, 5.41) is 3.37. The molecular formula is C13H18ClNO2. The summed E-state index contributed by atoms with van der Waals surface area (Å²) in [6, 6.07) is 7.74. The maximum atomic E-state index is 11.6. The van der Waals surface area contributed by atoms with Crippen LogP contribution in [0.1, 0.15) is 34.7 Å². The molecule has 1 aromatic rings. The Balaban J connectivity index is 0.00000144. The van der Waals surface area contributed by atoms with Gasteiger partial charge in [0.2, 0.25) is 0 Å². The lowest BCUT2D eigenvalue weighted by Crippen LogP contribution is -2.29. The van der Waals surface area contributed by atoms with Gasteiger partial charge in [0.25, 0.3) is 0 Å². The number of esters is 1. The highest BCUT2D eigenvalue weighted by Crippen LogP contribution is 2.26. The first-order chi connectivity index (χ1) is 7.83. The van der Waals surface area contributed by atoms with Crippen molar-refractivity contribution in [1.29, 1.82) is 0 Å². The third kappa shape index (κ3) is 3.20.